The molecule has 4 aromatic rings. The number of halogens is 2. The Labute approximate surface area is 276 Å². The fraction of sp³-hybridized carbons (Fsp3) is 0.312. The van der Waals surface area contributed by atoms with E-state index in [-0.39, 0.29) is 33.9 Å². The van der Waals surface area contributed by atoms with Crippen molar-refractivity contribution in [1.82, 2.24) is 19.7 Å². The number of carbonyl (C=O) groups excluding carboxylic acids is 2. The molecule has 46 heavy (non-hydrogen) atoms. The molecule has 1 saturated heterocycles. The lowest BCUT2D eigenvalue weighted by Crippen LogP contribution is -2.41. The summed E-state index contributed by atoms with van der Waals surface area (Å²) in [5.41, 5.74) is 1.90. The second-order valence-corrected chi connectivity index (χ2v) is 11.2. The van der Waals surface area contributed by atoms with Crippen molar-refractivity contribution in [3.05, 3.63) is 76.5 Å². The van der Waals surface area contributed by atoms with Gasteiger partial charge >= 0.3 is 6.03 Å². The summed E-state index contributed by atoms with van der Waals surface area (Å²) in [6.07, 6.45) is 4.28. The van der Waals surface area contributed by atoms with E-state index in [4.69, 9.17) is 42.5 Å². The van der Waals surface area contributed by atoms with Crippen LogP contribution in [0.2, 0.25) is 10.0 Å². The van der Waals surface area contributed by atoms with E-state index in [1.165, 1.54) is 6.20 Å². The van der Waals surface area contributed by atoms with Crippen LogP contribution in [0.3, 0.4) is 0 Å². The van der Waals surface area contributed by atoms with Gasteiger partial charge in [0.2, 0.25) is 5.91 Å². The molecular weight excluding hydrogens is 633 g/mol. The second-order valence-electron chi connectivity index (χ2n) is 10.5. The summed E-state index contributed by atoms with van der Waals surface area (Å²) in [6.45, 7) is 4.96. The van der Waals surface area contributed by atoms with E-state index < -0.39 is 6.03 Å². The van der Waals surface area contributed by atoms with Gasteiger partial charge < -0.3 is 24.8 Å². The van der Waals surface area contributed by atoms with Crippen LogP contribution in [0.15, 0.2) is 60.8 Å². The number of rotatable bonds is 12. The number of urea groups is 1. The highest BCUT2D eigenvalue weighted by molar-refractivity contribution is 6.45. The number of carbonyl (C=O) groups is 2. The Morgan fingerprint density at radius 1 is 0.957 bits per heavy atom. The first-order valence-electron chi connectivity index (χ1n) is 14.9. The number of benzene rings is 2. The van der Waals surface area contributed by atoms with Crippen molar-refractivity contribution in [3.63, 3.8) is 0 Å². The molecule has 0 bridgehead atoms. The molecule has 2 aromatic heterocycles. The van der Waals surface area contributed by atoms with Crippen molar-refractivity contribution in [2.75, 3.05) is 55.9 Å². The van der Waals surface area contributed by atoms with Gasteiger partial charge in [-0.25, -0.2) is 14.5 Å². The zero-order valence-corrected chi connectivity index (χ0v) is 27.0. The Morgan fingerprint density at radius 3 is 2.48 bits per heavy atom. The number of hydrogen-bond acceptors (Lipinski definition) is 8. The molecule has 0 radical (unpaired) electrons. The summed E-state index contributed by atoms with van der Waals surface area (Å²) in [5, 5.41) is 13.3. The largest absolute Gasteiger partial charge is 0.497 e. The third kappa shape index (κ3) is 8.67. The molecule has 0 aliphatic carbocycles. The molecule has 242 valence electrons. The maximum Gasteiger partial charge on any atom is 0.324 e. The Bertz CT molecular complexity index is 1660. The Morgan fingerprint density at radius 2 is 1.74 bits per heavy atom. The molecule has 0 unspecified atom stereocenters. The highest BCUT2D eigenvalue weighted by Gasteiger charge is 2.18. The average Bonchev–Trinajstić information content (AvgIpc) is 3.46. The maximum atomic E-state index is 13.1. The molecule has 5 rings (SSSR count). The zero-order chi connectivity index (χ0) is 32.5. The quantitative estimate of drug-likeness (QED) is 0.153. The number of unbranched alkanes of at least 4 members (excludes halogenated alkanes) is 1. The van der Waals surface area contributed by atoms with Crippen LogP contribution >= 0.6 is 23.2 Å². The minimum absolute atomic E-state index is 0.0923. The first kappa shape index (κ1) is 33.0. The van der Waals surface area contributed by atoms with Gasteiger partial charge in [-0.3, -0.25) is 15.0 Å². The van der Waals surface area contributed by atoms with E-state index >= 15 is 0 Å². The van der Waals surface area contributed by atoms with Gasteiger partial charge in [-0.05, 0) is 55.3 Å². The molecule has 2 aromatic carbocycles. The molecular formula is C32H35Cl2N7O5. The minimum Gasteiger partial charge on any atom is -0.497 e. The zero-order valence-electron chi connectivity index (χ0n) is 25.5. The lowest BCUT2D eigenvalue weighted by Gasteiger charge is -2.25. The SMILES string of the molecule is CCCCc1cc(NC(=O)Nc2ccc(Oc3ccnc(NC(=O)CN4CCOCC4)c3)c(Cl)c2Cl)n(-c2ccc(OC)cc2)n1. The lowest BCUT2D eigenvalue weighted by atomic mass is 10.2. The van der Waals surface area contributed by atoms with Crippen LogP contribution < -0.4 is 25.4 Å². The van der Waals surface area contributed by atoms with Gasteiger partial charge in [-0.15, -0.1) is 0 Å². The number of anilines is 3. The number of hydrogen-bond donors (Lipinski definition) is 3. The molecule has 14 heteroatoms. The fourth-order valence-electron chi connectivity index (χ4n) is 4.71. The van der Waals surface area contributed by atoms with Gasteiger partial charge in [0.25, 0.3) is 0 Å². The summed E-state index contributed by atoms with van der Waals surface area (Å²) in [6, 6.07) is 15.1. The standard InChI is InChI=1S/C32H35Cl2N7O5/c1-3-4-5-21-18-28(41(39-21)22-6-8-23(44-2)9-7-22)38-32(43)36-25-10-11-26(31(34)30(25)33)46-24-12-13-35-27(19-24)37-29(42)20-40-14-16-45-17-15-40/h6-13,18-19H,3-5,14-17,20H2,1-2H3,(H,35,37,42)(H2,36,38,43). The van der Waals surface area contributed by atoms with Crippen LogP contribution in [0.25, 0.3) is 5.69 Å². The van der Waals surface area contributed by atoms with Crippen LogP contribution in [0.4, 0.5) is 22.1 Å². The molecule has 0 spiro atoms. The predicted octanol–water partition coefficient (Wildman–Crippen LogP) is 6.63. The number of amides is 3. The highest BCUT2D eigenvalue weighted by atomic mass is 35.5. The molecule has 0 atom stereocenters. The van der Waals surface area contributed by atoms with Gasteiger partial charge in [0, 0.05) is 31.4 Å². The first-order chi connectivity index (χ1) is 22.3. The third-order valence-corrected chi connectivity index (χ3v) is 7.96. The summed E-state index contributed by atoms with van der Waals surface area (Å²) in [5.74, 6) is 1.99. The van der Waals surface area contributed by atoms with Crippen LogP contribution in [0, 0.1) is 0 Å². The normalized spacial score (nSPS) is 13.2. The van der Waals surface area contributed by atoms with Gasteiger partial charge in [0.05, 0.1) is 49.0 Å². The molecule has 1 aliphatic rings. The molecule has 12 nitrogen and oxygen atoms in total. The molecule has 3 N–H and O–H groups in total. The van der Waals surface area contributed by atoms with Crippen molar-refractivity contribution in [1.29, 1.82) is 0 Å². The average molecular weight is 669 g/mol. The van der Waals surface area contributed by atoms with Crippen molar-refractivity contribution in [3.8, 4) is 22.9 Å². The minimum atomic E-state index is -0.532. The van der Waals surface area contributed by atoms with Crippen LogP contribution in [0.1, 0.15) is 25.5 Å². The van der Waals surface area contributed by atoms with E-state index in [9.17, 15) is 9.59 Å². The maximum absolute atomic E-state index is 13.1. The Hall–Kier alpha value is -4.36. The number of aromatic nitrogens is 3. The number of nitrogens with one attached hydrogen (secondary N) is 3. The van der Waals surface area contributed by atoms with Gasteiger partial charge in [-0.1, -0.05) is 36.5 Å². The van der Waals surface area contributed by atoms with Gasteiger partial charge in [0.15, 0.2) is 0 Å². The van der Waals surface area contributed by atoms with Crippen molar-refractivity contribution >= 4 is 52.5 Å². The number of morpholine rings is 1. The second kappa shape index (κ2) is 15.8. The summed E-state index contributed by atoms with van der Waals surface area (Å²) in [7, 11) is 1.60. The monoisotopic (exact) mass is 667 g/mol. The molecule has 3 heterocycles. The van der Waals surface area contributed by atoms with E-state index in [2.05, 4.69) is 27.9 Å². The number of ether oxygens (including phenoxy) is 3. The van der Waals surface area contributed by atoms with Crippen molar-refractivity contribution in [2.45, 2.75) is 26.2 Å². The Balaban J connectivity index is 1.24. The van der Waals surface area contributed by atoms with Crippen LogP contribution in [-0.4, -0.2) is 71.6 Å². The number of nitrogens with zero attached hydrogens (tertiary/aromatic N) is 4. The van der Waals surface area contributed by atoms with E-state index in [0.29, 0.717) is 49.4 Å². The third-order valence-electron chi connectivity index (χ3n) is 7.10. The van der Waals surface area contributed by atoms with Crippen molar-refractivity contribution < 1.29 is 23.8 Å². The van der Waals surface area contributed by atoms with Crippen LogP contribution in [-0.2, 0) is 16.0 Å². The van der Waals surface area contributed by atoms with E-state index in [1.807, 2.05) is 35.2 Å². The smallest absolute Gasteiger partial charge is 0.324 e. The Kier molecular flexibility index (Phi) is 11.3. The van der Waals surface area contributed by atoms with E-state index in [1.54, 1.807) is 36.1 Å². The first-order valence-corrected chi connectivity index (χ1v) is 15.6. The predicted molar refractivity (Wildman–Crippen MR) is 178 cm³/mol. The highest BCUT2D eigenvalue weighted by Crippen LogP contribution is 2.39. The molecule has 1 fully saturated rings. The summed E-state index contributed by atoms with van der Waals surface area (Å²) >= 11 is 13.1. The van der Waals surface area contributed by atoms with E-state index in [0.717, 1.165) is 30.6 Å². The number of methoxy groups -OCH3 is 1. The molecule has 3 amide bonds. The molecule has 0 saturated carbocycles. The summed E-state index contributed by atoms with van der Waals surface area (Å²) in [4.78, 5) is 31.8. The lowest BCUT2D eigenvalue weighted by molar-refractivity contribution is -0.118. The van der Waals surface area contributed by atoms with Gasteiger partial charge in [-0.2, -0.15) is 5.10 Å². The topological polar surface area (TPSA) is 132 Å². The number of pyridine rings is 1. The van der Waals surface area contributed by atoms with Gasteiger partial charge in [0.1, 0.15) is 33.9 Å². The van der Waals surface area contributed by atoms with Crippen LogP contribution in [0.5, 0.6) is 17.2 Å². The fourth-order valence-corrected chi connectivity index (χ4v) is 5.12. The molecule has 1 aliphatic heterocycles. The summed E-state index contributed by atoms with van der Waals surface area (Å²) < 4.78 is 18.2. The number of aryl methyl sites for hydroxylation is 1. The van der Waals surface area contributed by atoms with Crippen molar-refractivity contribution in [2.24, 2.45) is 0 Å².